The van der Waals surface area contributed by atoms with E-state index >= 15 is 0 Å². The van der Waals surface area contributed by atoms with Crippen molar-refractivity contribution in [2.75, 3.05) is 12.3 Å². The van der Waals surface area contributed by atoms with E-state index in [-0.39, 0.29) is 18.6 Å². The van der Waals surface area contributed by atoms with Crippen LogP contribution < -0.4 is 16.4 Å². The molecule has 10 heteroatoms. The molecule has 20 heavy (non-hydrogen) atoms. The van der Waals surface area contributed by atoms with Crippen LogP contribution in [0.5, 0.6) is 0 Å². The first-order valence-electron chi connectivity index (χ1n) is 5.65. The third-order valence-corrected chi connectivity index (χ3v) is 2.66. The fraction of sp³-hybridized carbons (Fsp3) is 0.600. The largest absolute Gasteiger partial charge is 0.480 e. The Morgan fingerprint density at radius 2 is 1.75 bits per heavy atom. The zero-order chi connectivity index (χ0) is 15.7. The van der Waals surface area contributed by atoms with Gasteiger partial charge in [-0.25, -0.2) is 0 Å². The van der Waals surface area contributed by atoms with Crippen LogP contribution in [0.4, 0.5) is 0 Å². The number of aliphatic carboxylic acids is 2. The third kappa shape index (κ3) is 7.59. The number of carbonyl (C=O) groups is 4. The molecule has 0 radical (unpaired) electrons. The van der Waals surface area contributed by atoms with Gasteiger partial charge >= 0.3 is 11.9 Å². The summed E-state index contributed by atoms with van der Waals surface area (Å²) in [6.45, 7) is -0.580. The molecule has 0 rings (SSSR count). The predicted molar refractivity (Wildman–Crippen MR) is 71.3 cm³/mol. The number of hydrogen-bond acceptors (Lipinski definition) is 6. The van der Waals surface area contributed by atoms with Crippen molar-refractivity contribution in [3.8, 4) is 0 Å². The maximum absolute atomic E-state index is 11.6. The fourth-order valence-electron chi connectivity index (χ4n) is 1.30. The van der Waals surface area contributed by atoms with Gasteiger partial charge in [0.15, 0.2) is 0 Å². The summed E-state index contributed by atoms with van der Waals surface area (Å²) in [4.78, 5) is 43.5. The third-order valence-electron chi connectivity index (χ3n) is 2.29. The quantitative estimate of drug-likeness (QED) is 0.250. The number of hydrogen-bond donors (Lipinski definition) is 6. The number of thiol groups is 1. The van der Waals surface area contributed by atoms with Crippen molar-refractivity contribution >= 4 is 36.4 Å². The monoisotopic (exact) mass is 307 g/mol. The van der Waals surface area contributed by atoms with Crippen molar-refractivity contribution in [3.05, 3.63) is 0 Å². The van der Waals surface area contributed by atoms with Gasteiger partial charge in [0.05, 0.1) is 6.04 Å². The number of carboxylic acid groups (broad SMARTS) is 2. The number of carbonyl (C=O) groups excluding carboxylic acids is 2. The Morgan fingerprint density at radius 1 is 1.15 bits per heavy atom. The van der Waals surface area contributed by atoms with Gasteiger partial charge in [0.25, 0.3) is 0 Å². The zero-order valence-electron chi connectivity index (χ0n) is 10.5. The van der Waals surface area contributed by atoms with Crippen molar-refractivity contribution in [1.29, 1.82) is 0 Å². The second-order valence-electron chi connectivity index (χ2n) is 3.91. The van der Waals surface area contributed by atoms with Crippen LogP contribution in [-0.2, 0) is 19.2 Å². The van der Waals surface area contributed by atoms with Crippen LogP contribution in [0.25, 0.3) is 0 Å². The van der Waals surface area contributed by atoms with Crippen LogP contribution in [0.3, 0.4) is 0 Å². The summed E-state index contributed by atoms with van der Waals surface area (Å²) >= 11 is 3.90. The van der Waals surface area contributed by atoms with Crippen molar-refractivity contribution in [2.45, 2.75) is 24.9 Å². The molecule has 0 fully saturated rings. The summed E-state index contributed by atoms with van der Waals surface area (Å²) in [5.74, 6) is -3.85. The first-order valence-corrected chi connectivity index (χ1v) is 6.28. The highest BCUT2D eigenvalue weighted by molar-refractivity contribution is 7.80. The van der Waals surface area contributed by atoms with Crippen LogP contribution in [0, 0.1) is 0 Å². The van der Waals surface area contributed by atoms with E-state index in [1.807, 2.05) is 0 Å². The fourth-order valence-corrected chi connectivity index (χ4v) is 1.58. The van der Waals surface area contributed by atoms with Gasteiger partial charge in [-0.1, -0.05) is 0 Å². The van der Waals surface area contributed by atoms with Crippen molar-refractivity contribution in [2.24, 2.45) is 5.73 Å². The molecule has 0 aromatic heterocycles. The number of amides is 2. The lowest BCUT2D eigenvalue weighted by molar-refractivity contribution is -0.141. The molecule has 2 amide bonds. The molecule has 0 saturated heterocycles. The summed E-state index contributed by atoms with van der Waals surface area (Å²) < 4.78 is 0. The maximum atomic E-state index is 11.6. The SMILES string of the molecule is NC(=O)CC[C@H](N[C@@H](CS)C(=O)NCC(=O)O)C(=O)O. The van der Waals surface area contributed by atoms with Crippen LogP contribution in [0.1, 0.15) is 12.8 Å². The Morgan fingerprint density at radius 3 is 2.15 bits per heavy atom. The summed E-state index contributed by atoms with van der Waals surface area (Å²) in [5.41, 5.74) is 4.93. The van der Waals surface area contributed by atoms with E-state index in [0.717, 1.165) is 0 Å². The predicted octanol–water partition coefficient (Wildman–Crippen LogP) is -2.21. The molecule has 0 unspecified atom stereocenters. The van der Waals surface area contributed by atoms with Crippen LogP contribution >= 0.6 is 12.6 Å². The molecule has 0 aliphatic carbocycles. The molecule has 114 valence electrons. The van der Waals surface area contributed by atoms with Gasteiger partial charge < -0.3 is 21.3 Å². The van der Waals surface area contributed by atoms with E-state index in [1.54, 1.807) is 0 Å². The molecular formula is C10H17N3O6S. The molecule has 0 bridgehead atoms. The van der Waals surface area contributed by atoms with E-state index in [0.29, 0.717) is 0 Å². The van der Waals surface area contributed by atoms with Crippen molar-refractivity contribution in [3.63, 3.8) is 0 Å². The average Bonchev–Trinajstić information content (AvgIpc) is 2.35. The molecule has 0 heterocycles. The number of nitrogens with two attached hydrogens (primary N) is 1. The molecule has 0 aromatic rings. The highest BCUT2D eigenvalue weighted by Crippen LogP contribution is 2.01. The van der Waals surface area contributed by atoms with E-state index in [9.17, 15) is 19.2 Å². The minimum Gasteiger partial charge on any atom is -0.480 e. The van der Waals surface area contributed by atoms with Crippen molar-refractivity contribution < 1.29 is 29.4 Å². The first-order chi connectivity index (χ1) is 9.27. The number of nitrogens with one attached hydrogen (secondary N) is 2. The highest BCUT2D eigenvalue weighted by Gasteiger charge is 2.25. The lowest BCUT2D eigenvalue weighted by Crippen LogP contribution is -2.52. The molecule has 2 atom stereocenters. The van der Waals surface area contributed by atoms with Gasteiger partial charge in [0.1, 0.15) is 12.6 Å². The van der Waals surface area contributed by atoms with Gasteiger partial charge in [-0.05, 0) is 6.42 Å². The summed E-state index contributed by atoms with van der Waals surface area (Å²) in [5, 5.41) is 22.0. The first kappa shape index (κ1) is 18.2. The Labute approximate surface area is 120 Å². The van der Waals surface area contributed by atoms with E-state index in [2.05, 4.69) is 23.3 Å². The van der Waals surface area contributed by atoms with E-state index in [4.69, 9.17) is 15.9 Å². The molecule has 0 aromatic carbocycles. The zero-order valence-corrected chi connectivity index (χ0v) is 11.4. The number of primary amides is 1. The second kappa shape index (κ2) is 9.15. The van der Waals surface area contributed by atoms with Crippen LogP contribution in [-0.4, -0.2) is 58.3 Å². The van der Waals surface area contributed by atoms with Crippen molar-refractivity contribution in [1.82, 2.24) is 10.6 Å². The molecule has 9 nitrogen and oxygen atoms in total. The normalized spacial score (nSPS) is 13.2. The minimum absolute atomic E-state index is 0.0359. The molecule has 0 aliphatic rings. The molecule has 0 aliphatic heterocycles. The Balaban J connectivity index is 4.54. The van der Waals surface area contributed by atoms with Gasteiger partial charge in [-0.3, -0.25) is 24.5 Å². The van der Waals surface area contributed by atoms with Gasteiger partial charge in [0.2, 0.25) is 11.8 Å². The highest BCUT2D eigenvalue weighted by atomic mass is 32.1. The average molecular weight is 307 g/mol. The smallest absolute Gasteiger partial charge is 0.322 e. The second-order valence-corrected chi connectivity index (χ2v) is 4.27. The Kier molecular flexibility index (Phi) is 8.32. The van der Waals surface area contributed by atoms with Gasteiger partial charge in [-0.2, -0.15) is 12.6 Å². The Bertz CT molecular complexity index is 389. The standard InChI is InChI=1S/C10H17N3O6S/c11-7(14)2-1-5(10(18)19)13-6(4-20)9(17)12-3-8(15)16/h5-6,13,20H,1-4H2,(H2,11,14)(H,12,17)(H,15,16)(H,18,19)/t5-,6-/m0/s1. The Hall–Kier alpha value is -1.81. The summed E-state index contributed by atoms with van der Waals surface area (Å²) in [6.07, 6.45) is -0.235. The minimum atomic E-state index is -1.25. The van der Waals surface area contributed by atoms with Gasteiger partial charge in [-0.15, -0.1) is 0 Å². The summed E-state index contributed by atoms with van der Waals surface area (Å²) in [6, 6.07) is -2.15. The number of carboxylic acids is 2. The molecule has 0 spiro atoms. The summed E-state index contributed by atoms with van der Waals surface area (Å²) in [7, 11) is 0. The lowest BCUT2D eigenvalue weighted by Gasteiger charge is -2.20. The van der Waals surface area contributed by atoms with Crippen LogP contribution in [0.15, 0.2) is 0 Å². The number of rotatable bonds is 10. The molecule has 0 saturated carbocycles. The van der Waals surface area contributed by atoms with E-state index in [1.165, 1.54) is 0 Å². The lowest BCUT2D eigenvalue weighted by atomic mass is 10.1. The maximum Gasteiger partial charge on any atom is 0.322 e. The topological polar surface area (TPSA) is 159 Å². The molecular weight excluding hydrogens is 290 g/mol. The van der Waals surface area contributed by atoms with Crippen LogP contribution in [0.2, 0.25) is 0 Å². The van der Waals surface area contributed by atoms with Gasteiger partial charge in [0, 0.05) is 12.2 Å². The van der Waals surface area contributed by atoms with E-state index < -0.39 is 42.4 Å². The molecule has 6 N–H and O–H groups in total.